The van der Waals surface area contributed by atoms with Crippen LogP contribution in [0.2, 0.25) is 10.0 Å². The largest absolute Gasteiger partial charge is 0.350 e. The molecule has 0 aromatic heterocycles. The summed E-state index contributed by atoms with van der Waals surface area (Å²) in [7, 11) is -4.08. The molecule has 1 aliphatic heterocycles. The van der Waals surface area contributed by atoms with Gasteiger partial charge in [-0.05, 0) is 66.6 Å². The summed E-state index contributed by atoms with van der Waals surface area (Å²) in [5, 5.41) is 3.51. The zero-order valence-corrected chi connectivity index (χ0v) is 21.0. The number of carbonyl (C=O) groups is 2. The first-order valence-electron chi connectivity index (χ1n) is 10.9. The SMILES string of the molecule is O=C(CN(c1cccc(Cl)c1)S(=O)(=O)c1ccc(Cl)cc1)NCc1cccc(N2CCCC2=O)c1. The number of amides is 2. The van der Waals surface area contributed by atoms with Gasteiger partial charge in [-0.2, -0.15) is 0 Å². The summed E-state index contributed by atoms with van der Waals surface area (Å²) in [4.78, 5) is 26.6. The van der Waals surface area contributed by atoms with Crippen LogP contribution in [-0.2, 0) is 26.2 Å². The lowest BCUT2D eigenvalue weighted by Gasteiger charge is -2.24. The van der Waals surface area contributed by atoms with Crippen molar-refractivity contribution in [3.05, 3.63) is 88.4 Å². The average Bonchev–Trinajstić information content (AvgIpc) is 3.27. The average molecular weight is 532 g/mol. The summed E-state index contributed by atoms with van der Waals surface area (Å²) < 4.78 is 27.8. The van der Waals surface area contributed by atoms with Gasteiger partial charge in [0.15, 0.2) is 0 Å². The van der Waals surface area contributed by atoms with Crippen LogP contribution in [0.5, 0.6) is 0 Å². The van der Waals surface area contributed by atoms with Crippen LogP contribution >= 0.6 is 23.2 Å². The molecular formula is C25H23Cl2N3O4S. The van der Waals surface area contributed by atoms with E-state index in [1.807, 2.05) is 24.3 Å². The number of sulfonamides is 1. The Balaban J connectivity index is 1.52. The Morgan fingerprint density at radius 1 is 0.971 bits per heavy atom. The van der Waals surface area contributed by atoms with Gasteiger partial charge in [0.05, 0.1) is 10.6 Å². The molecule has 10 heteroatoms. The van der Waals surface area contributed by atoms with E-state index in [1.165, 1.54) is 30.3 Å². The van der Waals surface area contributed by atoms with Crippen molar-refractivity contribution in [3.63, 3.8) is 0 Å². The third-order valence-electron chi connectivity index (χ3n) is 5.57. The molecule has 35 heavy (non-hydrogen) atoms. The van der Waals surface area contributed by atoms with Gasteiger partial charge in [0.2, 0.25) is 11.8 Å². The summed E-state index contributed by atoms with van der Waals surface area (Å²) in [6, 6.07) is 19.4. The second-order valence-corrected chi connectivity index (χ2v) is 10.8. The Morgan fingerprint density at radius 3 is 2.40 bits per heavy atom. The van der Waals surface area contributed by atoms with Crippen LogP contribution in [0.4, 0.5) is 11.4 Å². The van der Waals surface area contributed by atoms with Crippen molar-refractivity contribution in [2.75, 3.05) is 22.3 Å². The number of anilines is 2. The summed E-state index contributed by atoms with van der Waals surface area (Å²) in [6.07, 6.45) is 1.35. The normalized spacial score (nSPS) is 13.7. The molecule has 0 saturated carbocycles. The second kappa shape index (κ2) is 10.7. The van der Waals surface area contributed by atoms with Gasteiger partial charge in [0.25, 0.3) is 10.0 Å². The highest BCUT2D eigenvalue weighted by Crippen LogP contribution is 2.27. The molecule has 1 N–H and O–H groups in total. The first kappa shape index (κ1) is 25.0. The van der Waals surface area contributed by atoms with Gasteiger partial charge < -0.3 is 10.2 Å². The van der Waals surface area contributed by atoms with Crippen LogP contribution in [0.1, 0.15) is 18.4 Å². The number of nitrogens with one attached hydrogen (secondary N) is 1. The van der Waals surface area contributed by atoms with Gasteiger partial charge >= 0.3 is 0 Å². The van der Waals surface area contributed by atoms with Crippen LogP contribution in [-0.4, -0.2) is 33.3 Å². The van der Waals surface area contributed by atoms with Crippen LogP contribution in [0.25, 0.3) is 0 Å². The Kier molecular flexibility index (Phi) is 7.64. The number of benzene rings is 3. The molecular weight excluding hydrogens is 509 g/mol. The molecule has 1 fully saturated rings. The second-order valence-electron chi connectivity index (χ2n) is 8.04. The summed E-state index contributed by atoms with van der Waals surface area (Å²) in [6.45, 7) is 0.403. The maximum absolute atomic E-state index is 13.4. The van der Waals surface area contributed by atoms with Gasteiger partial charge in [0, 0.05) is 35.2 Å². The highest BCUT2D eigenvalue weighted by molar-refractivity contribution is 7.92. The van der Waals surface area contributed by atoms with Crippen molar-refractivity contribution < 1.29 is 18.0 Å². The highest BCUT2D eigenvalue weighted by Gasteiger charge is 2.27. The first-order valence-corrected chi connectivity index (χ1v) is 13.1. The van der Waals surface area contributed by atoms with Crippen molar-refractivity contribution in [2.45, 2.75) is 24.3 Å². The fourth-order valence-corrected chi connectivity index (χ4v) is 5.55. The van der Waals surface area contributed by atoms with E-state index in [0.29, 0.717) is 23.0 Å². The Bertz CT molecular complexity index is 1350. The van der Waals surface area contributed by atoms with Crippen LogP contribution in [0, 0.1) is 0 Å². The summed E-state index contributed by atoms with van der Waals surface area (Å²) in [5.74, 6) is -0.416. The fourth-order valence-electron chi connectivity index (χ4n) is 3.82. The summed E-state index contributed by atoms with van der Waals surface area (Å²) >= 11 is 12.0. The third kappa shape index (κ3) is 5.96. The maximum atomic E-state index is 13.4. The molecule has 0 atom stereocenters. The highest BCUT2D eigenvalue weighted by atomic mass is 35.5. The van der Waals surface area contributed by atoms with Gasteiger partial charge in [-0.25, -0.2) is 8.42 Å². The van der Waals surface area contributed by atoms with Gasteiger partial charge in [-0.15, -0.1) is 0 Å². The van der Waals surface area contributed by atoms with Crippen LogP contribution < -0.4 is 14.5 Å². The number of carbonyl (C=O) groups excluding carboxylic acids is 2. The van der Waals surface area contributed by atoms with Crippen molar-refractivity contribution >= 4 is 56.4 Å². The van der Waals surface area contributed by atoms with Crippen molar-refractivity contribution in [3.8, 4) is 0 Å². The molecule has 0 unspecified atom stereocenters. The Labute approximate surface area is 214 Å². The molecule has 3 aromatic carbocycles. The van der Waals surface area contributed by atoms with E-state index in [-0.39, 0.29) is 23.0 Å². The molecule has 7 nitrogen and oxygen atoms in total. The Morgan fingerprint density at radius 2 is 1.71 bits per heavy atom. The molecule has 0 radical (unpaired) electrons. The molecule has 182 valence electrons. The number of hydrogen-bond acceptors (Lipinski definition) is 4. The van der Waals surface area contributed by atoms with E-state index in [4.69, 9.17) is 23.2 Å². The zero-order chi connectivity index (χ0) is 25.0. The molecule has 0 bridgehead atoms. The number of halogens is 2. The minimum atomic E-state index is -4.08. The predicted molar refractivity (Wildman–Crippen MR) is 137 cm³/mol. The minimum absolute atomic E-state index is 0.00217. The smallest absolute Gasteiger partial charge is 0.264 e. The van der Waals surface area contributed by atoms with E-state index < -0.39 is 22.5 Å². The molecule has 0 spiro atoms. The van der Waals surface area contributed by atoms with E-state index in [1.54, 1.807) is 23.1 Å². The first-order chi connectivity index (χ1) is 16.7. The molecule has 2 amide bonds. The van der Waals surface area contributed by atoms with E-state index >= 15 is 0 Å². The van der Waals surface area contributed by atoms with Crippen molar-refractivity contribution in [2.24, 2.45) is 0 Å². The molecule has 1 saturated heterocycles. The molecule has 4 rings (SSSR count). The van der Waals surface area contributed by atoms with E-state index in [2.05, 4.69) is 5.32 Å². The lowest BCUT2D eigenvalue weighted by molar-refractivity contribution is -0.120. The van der Waals surface area contributed by atoms with Crippen molar-refractivity contribution in [1.82, 2.24) is 5.32 Å². The minimum Gasteiger partial charge on any atom is -0.350 e. The number of nitrogens with zero attached hydrogens (tertiary/aromatic N) is 2. The Hall–Kier alpha value is -3.07. The standard InChI is InChI=1S/C25H23Cl2N3O4S/c26-19-9-11-23(12-10-19)35(33,34)30(22-7-2-5-20(27)15-22)17-24(31)28-16-18-4-1-6-21(14-18)29-13-3-8-25(29)32/h1-2,4-7,9-12,14-15H,3,8,13,16-17H2,(H,28,31). The molecule has 3 aromatic rings. The van der Waals surface area contributed by atoms with Gasteiger partial charge in [-0.3, -0.25) is 13.9 Å². The third-order valence-corrected chi connectivity index (χ3v) is 7.85. The van der Waals surface area contributed by atoms with Gasteiger partial charge in [0.1, 0.15) is 6.54 Å². The van der Waals surface area contributed by atoms with Crippen LogP contribution in [0.3, 0.4) is 0 Å². The van der Waals surface area contributed by atoms with E-state index in [0.717, 1.165) is 22.0 Å². The lowest BCUT2D eigenvalue weighted by atomic mass is 10.2. The number of rotatable bonds is 8. The van der Waals surface area contributed by atoms with Gasteiger partial charge in [-0.1, -0.05) is 41.4 Å². The van der Waals surface area contributed by atoms with Crippen molar-refractivity contribution in [1.29, 1.82) is 0 Å². The topological polar surface area (TPSA) is 86.8 Å². The molecule has 1 heterocycles. The fraction of sp³-hybridized carbons (Fsp3) is 0.200. The molecule has 0 aliphatic carbocycles. The quantitative estimate of drug-likeness (QED) is 0.459. The van der Waals surface area contributed by atoms with E-state index in [9.17, 15) is 18.0 Å². The monoisotopic (exact) mass is 531 g/mol. The number of hydrogen-bond donors (Lipinski definition) is 1. The maximum Gasteiger partial charge on any atom is 0.264 e. The predicted octanol–water partition coefficient (Wildman–Crippen LogP) is 4.63. The van der Waals surface area contributed by atoms with Crippen LogP contribution in [0.15, 0.2) is 77.7 Å². The molecule has 1 aliphatic rings. The lowest BCUT2D eigenvalue weighted by Crippen LogP contribution is -2.40. The zero-order valence-electron chi connectivity index (χ0n) is 18.7. The summed E-state index contributed by atoms with van der Waals surface area (Å²) in [5.41, 5.74) is 1.84.